The van der Waals surface area contributed by atoms with Gasteiger partial charge in [0, 0.05) is 16.5 Å². The van der Waals surface area contributed by atoms with E-state index in [4.69, 9.17) is 4.74 Å². The summed E-state index contributed by atoms with van der Waals surface area (Å²) in [6.07, 6.45) is 0. The number of aromatic nitrogens is 1. The smallest absolute Gasteiger partial charge is 0.308 e. The standard InChI is InChI=1S/C23H18FN3O5S2/c1-32-14-8-6-13(7-9-14)25-15(28)10-27-22-19(34-23(27)31)16(11-2-4-12(24)5-3-11)17-18(33-22)21(30)26-20(17)29/h2-9,16-18H,10H2,1H3,(H,25,28)(H,26,29,30)/t16-,17?,18?/m0/s1. The lowest BCUT2D eigenvalue weighted by molar-refractivity contribution is -0.126. The number of benzene rings is 2. The summed E-state index contributed by atoms with van der Waals surface area (Å²) in [5.74, 6) is -2.40. The molecule has 1 aromatic heterocycles. The third-order valence-electron chi connectivity index (χ3n) is 5.79. The summed E-state index contributed by atoms with van der Waals surface area (Å²) in [6, 6.07) is 12.4. The van der Waals surface area contributed by atoms with Gasteiger partial charge in [0.05, 0.1) is 18.1 Å². The van der Waals surface area contributed by atoms with Crippen LogP contribution in [0.2, 0.25) is 0 Å². The Morgan fingerprint density at radius 2 is 1.79 bits per heavy atom. The molecule has 2 aliphatic heterocycles. The Morgan fingerprint density at radius 1 is 1.09 bits per heavy atom. The van der Waals surface area contributed by atoms with Gasteiger partial charge in [0.15, 0.2) is 0 Å². The van der Waals surface area contributed by atoms with Crippen molar-refractivity contribution in [2.75, 3.05) is 12.4 Å². The number of imide groups is 1. The molecular weight excluding hydrogens is 481 g/mol. The molecule has 0 spiro atoms. The van der Waals surface area contributed by atoms with Gasteiger partial charge < -0.3 is 10.1 Å². The molecule has 2 aromatic carbocycles. The lowest BCUT2D eigenvalue weighted by Gasteiger charge is -2.30. The number of rotatable bonds is 5. The molecule has 1 saturated heterocycles. The Morgan fingerprint density at radius 3 is 2.47 bits per heavy atom. The Bertz CT molecular complexity index is 1350. The number of methoxy groups -OCH3 is 1. The van der Waals surface area contributed by atoms with Crippen molar-refractivity contribution in [1.82, 2.24) is 9.88 Å². The maximum absolute atomic E-state index is 13.5. The Kier molecular flexibility index (Phi) is 5.74. The normalized spacial score (nSPS) is 20.9. The second-order valence-corrected chi connectivity index (χ2v) is 9.97. The maximum atomic E-state index is 13.5. The van der Waals surface area contributed by atoms with Crippen molar-refractivity contribution < 1.29 is 23.5 Å². The molecule has 2 aliphatic rings. The highest BCUT2D eigenvalue weighted by atomic mass is 32.2. The SMILES string of the molecule is COc1ccc(NC(=O)Cn2c3c(sc2=O)[C@@H](c2ccc(F)cc2)C2C(=O)NC(=O)C2S3)cc1. The molecule has 1 fully saturated rings. The Balaban J connectivity index is 1.49. The van der Waals surface area contributed by atoms with Crippen LogP contribution in [0.3, 0.4) is 0 Å². The minimum atomic E-state index is -0.750. The van der Waals surface area contributed by atoms with Gasteiger partial charge in [-0.1, -0.05) is 35.2 Å². The van der Waals surface area contributed by atoms with Crippen LogP contribution in [0.15, 0.2) is 58.4 Å². The number of anilines is 1. The number of ether oxygens (including phenoxy) is 1. The van der Waals surface area contributed by atoms with E-state index in [1.165, 1.54) is 16.7 Å². The van der Waals surface area contributed by atoms with Gasteiger partial charge in [0.2, 0.25) is 17.7 Å². The van der Waals surface area contributed by atoms with E-state index in [1.807, 2.05) is 0 Å². The summed E-state index contributed by atoms with van der Waals surface area (Å²) in [5, 5.41) is 4.83. The van der Waals surface area contributed by atoms with Gasteiger partial charge in [-0.15, -0.1) is 0 Å². The van der Waals surface area contributed by atoms with E-state index >= 15 is 0 Å². The molecule has 174 valence electrons. The molecule has 2 unspecified atom stereocenters. The molecule has 0 bridgehead atoms. The molecule has 34 heavy (non-hydrogen) atoms. The van der Waals surface area contributed by atoms with Gasteiger partial charge in [0.1, 0.15) is 23.4 Å². The number of hydrogen-bond acceptors (Lipinski definition) is 7. The molecule has 0 saturated carbocycles. The van der Waals surface area contributed by atoms with Gasteiger partial charge in [-0.05, 0) is 42.0 Å². The molecule has 11 heteroatoms. The first-order chi connectivity index (χ1) is 16.4. The van der Waals surface area contributed by atoms with E-state index in [-0.39, 0.29) is 11.4 Å². The maximum Gasteiger partial charge on any atom is 0.308 e. The van der Waals surface area contributed by atoms with E-state index < -0.39 is 40.6 Å². The Hall–Kier alpha value is -3.44. The largest absolute Gasteiger partial charge is 0.497 e. The van der Waals surface area contributed by atoms with Crippen molar-refractivity contribution >= 4 is 46.5 Å². The van der Waals surface area contributed by atoms with Crippen molar-refractivity contribution in [2.45, 2.75) is 22.7 Å². The molecule has 3 amide bonds. The summed E-state index contributed by atoms with van der Waals surface area (Å²) < 4.78 is 20.0. The zero-order valence-corrected chi connectivity index (χ0v) is 19.4. The minimum Gasteiger partial charge on any atom is -0.497 e. The van der Waals surface area contributed by atoms with Crippen LogP contribution >= 0.6 is 23.1 Å². The van der Waals surface area contributed by atoms with Crippen LogP contribution in [0, 0.1) is 11.7 Å². The van der Waals surface area contributed by atoms with Crippen molar-refractivity contribution in [1.29, 1.82) is 0 Å². The van der Waals surface area contributed by atoms with E-state index in [1.54, 1.807) is 43.5 Å². The molecule has 3 heterocycles. The van der Waals surface area contributed by atoms with Gasteiger partial charge >= 0.3 is 4.87 Å². The molecule has 5 rings (SSSR count). The fourth-order valence-electron chi connectivity index (χ4n) is 4.22. The fourth-order valence-corrected chi connectivity index (χ4v) is 6.96. The quantitative estimate of drug-likeness (QED) is 0.523. The third-order valence-corrected chi connectivity index (χ3v) is 8.41. The lowest BCUT2D eigenvalue weighted by atomic mass is 9.83. The number of nitrogens with one attached hydrogen (secondary N) is 2. The van der Waals surface area contributed by atoms with Gasteiger partial charge in [-0.2, -0.15) is 0 Å². The highest BCUT2D eigenvalue weighted by molar-refractivity contribution is 8.00. The topological polar surface area (TPSA) is 106 Å². The molecular formula is C23H18FN3O5S2. The van der Waals surface area contributed by atoms with Crippen LogP contribution < -0.4 is 20.2 Å². The first-order valence-electron chi connectivity index (χ1n) is 10.3. The highest BCUT2D eigenvalue weighted by Crippen LogP contribution is 2.51. The predicted molar refractivity (Wildman–Crippen MR) is 125 cm³/mol. The number of hydrogen-bond donors (Lipinski definition) is 2. The average Bonchev–Trinajstić information content (AvgIpc) is 3.28. The molecule has 8 nitrogen and oxygen atoms in total. The monoisotopic (exact) mass is 499 g/mol. The molecule has 0 aliphatic carbocycles. The van der Waals surface area contributed by atoms with Crippen molar-refractivity contribution in [3.8, 4) is 5.75 Å². The first-order valence-corrected chi connectivity index (χ1v) is 12.0. The number of thioether (sulfide) groups is 1. The van der Waals surface area contributed by atoms with Crippen molar-refractivity contribution in [3.05, 3.63) is 74.5 Å². The predicted octanol–water partition coefficient (Wildman–Crippen LogP) is 2.58. The average molecular weight is 500 g/mol. The number of carbonyl (C=O) groups excluding carboxylic acids is 3. The number of amides is 3. The molecule has 3 aromatic rings. The number of nitrogens with zero attached hydrogens (tertiary/aromatic N) is 1. The van der Waals surface area contributed by atoms with Gasteiger partial charge in [-0.25, -0.2) is 4.39 Å². The molecule has 0 radical (unpaired) electrons. The summed E-state index contributed by atoms with van der Waals surface area (Å²) >= 11 is 2.05. The van der Waals surface area contributed by atoms with E-state index in [0.717, 1.165) is 23.1 Å². The highest BCUT2D eigenvalue weighted by Gasteiger charge is 2.52. The van der Waals surface area contributed by atoms with Crippen LogP contribution in [0.4, 0.5) is 10.1 Å². The first kappa shape index (κ1) is 22.4. The van der Waals surface area contributed by atoms with Crippen LogP contribution in [0.25, 0.3) is 0 Å². The number of thiazole rings is 1. The van der Waals surface area contributed by atoms with Crippen molar-refractivity contribution in [3.63, 3.8) is 0 Å². The molecule has 2 N–H and O–H groups in total. The van der Waals surface area contributed by atoms with E-state index in [0.29, 0.717) is 26.9 Å². The van der Waals surface area contributed by atoms with E-state index in [9.17, 15) is 23.6 Å². The summed E-state index contributed by atoms with van der Waals surface area (Å²) in [7, 11) is 1.54. The zero-order chi connectivity index (χ0) is 24.0. The Labute approximate surface area is 201 Å². The van der Waals surface area contributed by atoms with Crippen LogP contribution in [-0.2, 0) is 20.9 Å². The van der Waals surface area contributed by atoms with Crippen LogP contribution in [0.5, 0.6) is 5.75 Å². The third kappa shape index (κ3) is 3.90. The zero-order valence-electron chi connectivity index (χ0n) is 17.7. The number of fused-ring (bicyclic) bond motifs is 2. The second-order valence-electron chi connectivity index (χ2n) is 7.85. The van der Waals surface area contributed by atoms with Gasteiger partial charge in [0.25, 0.3) is 0 Å². The lowest BCUT2D eigenvalue weighted by Crippen LogP contribution is -2.32. The van der Waals surface area contributed by atoms with Crippen LogP contribution in [0.1, 0.15) is 16.4 Å². The summed E-state index contributed by atoms with van der Waals surface area (Å²) in [4.78, 5) is 51.0. The van der Waals surface area contributed by atoms with E-state index in [2.05, 4.69) is 10.6 Å². The summed E-state index contributed by atoms with van der Waals surface area (Å²) in [6.45, 7) is -0.257. The molecule has 3 atom stereocenters. The van der Waals surface area contributed by atoms with Crippen LogP contribution in [-0.4, -0.2) is 34.6 Å². The fraction of sp³-hybridized carbons (Fsp3) is 0.217. The number of halogens is 1. The second kappa shape index (κ2) is 8.73. The minimum absolute atomic E-state index is 0.257. The van der Waals surface area contributed by atoms with Crippen molar-refractivity contribution in [2.24, 2.45) is 5.92 Å². The summed E-state index contributed by atoms with van der Waals surface area (Å²) in [5.41, 5.74) is 1.17. The van der Waals surface area contributed by atoms with Gasteiger partial charge in [-0.3, -0.25) is 29.1 Å². The number of carbonyl (C=O) groups is 3.